The number of hydrogen-bond acceptors (Lipinski definition) is 5. The van der Waals surface area contributed by atoms with Gasteiger partial charge < -0.3 is 20.9 Å². The van der Waals surface area contributed by atoms with Gasteiger partial charge in [-0.1, -0.05) is 0 Å². The first-order chi connectivity index (χ1) is 5.81. The van der Waals surface area contributed by atoms with Gasteiger partial charge in [-0.3, -0.25) is 5.32 Å². The summed E-state index contributed by atoms with van der Waals surface area (Å²) in [5, 5.41) is 15.1. The summed E-state index contributed by atoms with van der Waals surface area (Å²) < 4.78 is 4.73. The number of ether oxygens (including phenoxy) is 1. The molecule has 0 aliphatic carbocycles. The molecule has 12 heavy (non-hydrogen) atoms. The van der Waals surface area contributed by atoms with Gasteiger partial charge in [0.2, 0.25) is 0 Å². The van der Waals surface area contributed by atoms with Crippen molar-refractivity contribution in [2.75, 3.05) is 39.9 Å². The molecule has 0 aliphatic heterocycles. The molecule has 5 heteroatoms. The van der Waals surface area contributed by atoms with Crippen molar-refractivity contribution in [1.82, 2.24) is 10.6 Å². The van der Waals surface area contributed by atoms with Crippen LogP contribution >= 0.6 is 0 Å². The molecule has 5 nitrogen and oxygen atoms in total. The van der Waals surface area contributed by atoms with Crippen molar-refractivity contribution in [3.05, 3.63) is 0 Å². The molecule has 0 bridgehead atoms. The van der Waals surface area contributed by atoms with E-state index in [1.807, 2.05) is 0 Å². The van der Waals surface area contributed by atoms with Crippen LogP contribution in [0.3, 0.4) is 0 Å². The van der Waals surface area contributed by atoms with Crippen molar-refractivity contribution >= 4 is 0 Å². The lowest BCUT2D eigenvalue weighted by Crippen LogP contribution is -2.38. The van der Waals surface area contributed by atoms with Crippen LogP contribution in [0.5, 0.6) is 0 Å². The van der Waals surface area contributed by atoms with E-state index in [9.17, 15) is 0 Å². The molecule has 5 N–H and O–H groups in total. The zero-order valence-electron chi connectivity index (χ0n) is 7.55. The maximum absolute atomic E-state index is 9.12. The summed E-state index contributed by atoms with van der Waals surface area (Å²) in [7, 11) is 1.55. The fourth-order valence-electron chi connectivity index (χ4n) is 0.771. The smallest absolute Gasteiger partial charge is 0.128 e. The van der Waals surface area contributed by atoms with E-state index in [4.69, 9.17) is 15.6 Å². The molecule has 0 fully saturated rings. The Kier molecular flexibility index (Phi) is 8.74. The molecule has 0 heterocycles. The molecule has 0 saturated carbocycles. The lowest BCUT2D eigenvalue weighted by molar-refractivity contribution is 0.0430. The standard InChI is InChI=1S/C7H19N3O2/c1-12-6-7(11)10-5-4-9-3-2-8/h7,9-11H,2-6,8H2,1H3. The van der Waals surface area contributed by atoms with Crippen molar-refractivity contribution in [2.24, 2.45) is 5.73 Å². The molecule has 0 aliphatic rings. The molecule has 0 amide bonds. The number of nitrogens with two attached hydrogens (primary N) is 1. The maximum atomic E-state index is 9.12. The van der Waals surface area contributed by atoms with Gasteiger partial charge in [-0.05, 0) is 0 Å². The Morgan fingerprint density at radius 3 is 2.75 bits per heavy atom. The number of aliphatic hydroxyl groups is 1. The highest BCUT2D eigenvalue weighted by atomic mass is 16.5. The lowest BCUT2D eigenvalue weighted by atomic mass is 10.5. The fraction of sp³-hybridized carbons (Fsp3) is 1.00. The van der Waals surface area contributed by atoms with E-state index in [0.29, 0.717) is 19.7 Å². The minimum atomic E-state index is -0.574. The molecular weight excluding hydrogens is 158 g/mol. The number of rotatable bonds is 8. The van der Waals surface area contributed by atoms with Crippen LogP contribution in [0.2, 0.25) is 0 Å². The Balaban J connectivity index is 2.97. The molecule has 0 aromatic carbocycles. The number of nitrogens with one attached hydrogen (secondary N) is 2. The quantitative estimate of drug-likeness (QED) is 0.257. The largest absolute Gasteiger partial charge is 0.381 e. The third kappa shape index (κ3) is 7.90. The van der Waals surface area contributed by atoms with Crippen molar-refractivity contribution in [1.29, 1.82) is 0 Å². The Morgan fingerprint density at radius 1 is 1.42 bits per heavy atom. The summed E-state index contributed by atoms with van der Waals surface area (Å²) in [4.78, 5) is 0. The molecule has 1 atom stereocenters. The lowest BCUT2D eigenvalue weighted by Gasteiger charge is -2.11. The highest BCUT2D eigenvalue weighted by molar-refractivity contribution is 4.54. The molecule has 0 saturated heterocycles. The monoisotopic (exact) mass is 177 g/mol. The molecule has 0 rings (SSSR count). The van der Waals surface area contributed by atoms with Crippen LogP contribution in [0.4, 0.5) is 0 Å². The van der Waals surface area contributed by atoms with Crippen LogP contribution in [0.1, 0.15) is 0 Å². The number of aliphatic hydroxyl groups excluding tert-OH is 1. The first kappa shape index (κ1) is 11.8. The first-order valence-corrected chi connectivity index (χ1v) is 4.12. The Labute approximate surface area is 73.3 Å². The maximum Gasteiger partial charge on any atom is 0.128 e. The highest BCUT2D eigenvalue weighted by Gasteiger charge is 1.99. The van der Waals surface area contributed by atoms with Crippen LogP contribution in [0.25, 0.3) is 0 Å². The van der Waals surface area contributed by atoms with Gasteiger partial charge in [0.05, 0.1) is 6.61 Å². The number of methoxy groups -OCH3 is 1. The molecule has 0 spiro atoms. The average Bonchev–Trinajstić information content (AvgIpc) is 2.05. The zero-order chi connectivity index (χ0) is 9.23. The van der Waals surface area contributed by atoms with E-state index >= 15 is 0 Å². The normalized spacial score (nSPS) is 13.2. The molecule has 74 valence electrons. The van der Waals surface area contributed by atoms with E-state index < -0.39 is 6.23 Å². The van der Waals surface area contributed by atoms with Crippen LogP contribution in [0.15, 0.2) is 0 Å². The van der Waals surface area contributed by atoms with Gasteiger partial charge in [0.15, 0.2) is 0 Å². The van der Waals surface area contributed by atoms with E-state index in [1.165, 1.54) is 0 Å². The van der Waals surface area contributed by atoms with Crippen molar-refractivity contribution in [2.45, 2.75) is 6.23 Å². The van der Waals surface area contributed by atoms with E-state index in [1.54, 1.807) is 7.11 Å². The van der Waals surface area contributed by atoms with Gasteiger partial charge >= 0.3 is 0 Å². The second kappa shape index (κ2) is 8.89. The van der Waals surface area contributed by atoms with Gasteiger partial charge in [-0.2, -0.15) is 0 Å². The molecule has 0 aromatic heterocycles. The molecule has 0 radical (unpaired) electrons. The topological polar surface area (TPSA) is 79.5 Å². The van der Waals surface area contributed by atoms with Crippen molar-refractivity contribution < 1.29 is 9.84 Å². The summed E-state index contributed by atoms with van der Waals surface area (Å²) in [5.41, 5.74) is 5.27. The summed E-state index contributed by atoms with van der Waals surface area (Å²) in [5.74, 6) is 0. The van der Waals surface area contributed by atoms with E-state index in [-0.39, 0.29) is 0 Å². The van der Waals surface area contributed by atoms with E-state index in [2.05, 4.69) is 10.6 Å². The summed E-state index contributed by atoms with van der Waals surface area (Å²) in [6.07, 6.45) is -0.574. The second-order valence-electron chi connectivity index (χ2n) is 2.46. The Hall–Kier alpha value is -0.200. The predicted molar refractivity (Wildman–Crippen MR) is 47.8 cm³/mol. The second-order valence-corrected chi connectivity index (χ2v) is 2.46. The number of hydrogen-bond donors (Lipinski definition) is 4. The van der Waals surface area contributed by atoms with Gasteiger partial charge in [-0.25, -0.2) is 0 Å². The SMILES string of the molecule is COCC(O)NCCNCCN. The van der Waals surface area contributed by atoms with Gasteiger partial charge in [0, 0.05) is 33.3 Å². The minimum Gasteiger partial charge on any atom is -0.381 e. The van der Waals surface area contributed by atoms with Gasteiger partial charge in [0.1, 0.15) is 6.23 Å². The predicted octanol–water partition coefficient (Wildman–Crippen LogP) is -1.91. The molecule has 0 aromatic rings. The Bertz CT molecular complexity index is 92.7. The molecular formula is C7H19N3O2. The highest BCUT2D eigenvalue weighted by Crippen LogP contribution is 1.75. The van der Waals surface area contributed by atoms with Crippen LogP contribution in [-0.4, -0.2) is 51.2 Å². The van der Waals surface area contributed by atoms with Crippen LogP contribution < -0.4 is 16.4 Å². The van der Waals surface area contributed by atoms with Gasteiger partial charge in [0.25, 0.3) is 0 Å². The minimum absolute atomic E-state index is 0.316. The first-order valence-electron chi connectivity index (χ1n) is 4.12. The van der Waals surface area contributed by atoms with E-state index in [0.717, 1.165) is 13.1 Å². The third-order valence-electron chi connectivity index (χ3n) is 1.33. The molecule has 1 unspecified atom stereocenters. The van der Waals surface area contributed by atoms with Crippen molar-refractivity contribution in [3.8, 4) is 0 Å². The summed E-state index contributed by atoms with van der Waals surface area (Å²) >= 11 is 0. The summed E-state index contributed by atoms with van der Waals surface area (Å²) in [6.45, 7) is 3.28. The van der Waals surface area contributed by atoms with Crippen LogP contribution in [-0.2, 0) is 4.74 Å². The average molecular weight is 177 g/mol. The summed E-state index contributed by atoms with van der Waals surface area (Å²) in [6, 6.07) is 0. The Morgan fingerprint density at radius 2 is 2.17 bits per heavy atom. The van der Waals surface area contributed by atoms with Crippen LogP contribution in [0, 0.1) is 0 Å². The third-order valence-corrected chi connectivity index (χ3v) is 1.33. The van der Waals surface area contributed by atoms with Gasteiger partial charge in [-0.15, -0.1) is 0 Å². The van der Waals surface area contributed by atoms with Crippen molar-refractivity contribution in [3.63, 3.8) is 0 Å². The zero-order valence-corrected chi connectivity index (χ0v) is 7.55. The fourth-order valence-corrected chi connectivity index (χ4v) is 0.771.